The van der Waals surface area contributed by atoms with Crippen molar-refractivity contribution in [1.29, 1.82) is 0 Å². The average molecular weight is 386 g/mol. The lowest BCUT2D eigenvalue weighted by molar-refractivity contribution is 0.0734. The van der Waals surface area contributed by atoms with Crippen molar-refractivity contribution in [2.45, 2.75) is 19.8 Å². The highest BCUT2D eigenvalue weighted by atomic mass is 35.5. The number of rotatable bonds is 5. The molecule has 2 aromatic carbocycles. The van der Waals surface area contributed by atoms with E-state index in [2.05, 4.69) is 36.2 Å². The van der Waals surface area contributed by atoms with Crippen molar-refractivity contribution in [2.75, 3.05) is 0 Å². The minimum Gasteiger partial charge on any atom is -0.421 e. The molecule has 1 heterocycles. The lowest BCUT2D eigenvalue weighted by Crippen LogP contribution is -2.08. The van der Waals surface area contributed by atoms with E-state index in [1.165, 1.54) is 17.8 Å². The highest BCUT2D eigenvalue weighted by Crippen LogP contribution is 2.25. The molecule has 3 rings (SSSR count). The summed E-state index contributed by atoms with van der Waals surface area (Å²) in [4.78, 5) is 16.1. The number of nitrogens with zero attached hydrogens (tertiary/aromatic N) is 1. The fourth-order valence-corrected chi connectivity index (χ4v) is 2.84. The first-order valence-corrected chi connectivity index (χ1v) is 9.05. The Kier molecular flexibility index (Phi) is 5.92. The maximum absolute atomic E-state index is 12.2. The number of carbonyl (C=O) groups excluding carboxylic acids is 1. The summed E-state index contributed by atoms with van der Waals surface area (Å²) < 4.78 is 5.28. The number of carbonyl (C=O) groups is 1. The Balaban J connectivity index is 1.72. The number of pyridine rings is 1. The molecule has 0 spiro atoms. The van der Waals surface area contributed by atoms with Crippen molar-refractivity contribution in [1.82, 2.24) is 4.98 Å². The van der Waals surface area contributed by atoms with Crippen molar-refractivity contribution >= 4 is 29.2 Å². The van der Waals surface area contributed by atoms with E-state index < -0.39 is 5.97 Å². The van der Waals surface area contributed by atoms with Crippen LogP contribution < -0.4 is 4.74 Å². The Hall–Kier alpha value is -2.36. The monoisotopic (exact) mass is 385 g/mol. The van der Waals surface area contributed by atoms with Crippen LogP contribution in [0.3, 0.4) is 0 Å². The molecule has 0 saturated carbocycles. The largest absolute Gasteiger partial charge is 0.421 e. The van der Waals surface area contributed by atoms with Gasteiger partial charge >= 0.3 is 5.97 Å². The number of hydrogen-bond acceptors (Lipinski definition) is 3. The Bertz CT molecular complexity index is 906. The number of halogens is 2. The molecule has 0 fully saturated rings. The van der Waals surface area contributed by atoms with Crippen LogP contribution in [0.25, 0.3) is 11.1 Å². The predicted octanol–water partition coefficient (Wildman–Crippen LogP) is 6.23. The number of hydrogen-bond donors (Lipinski definition) is 0. The second kappa shape index (κ2) is 8.35. The average Bonchev–Trinajstić information content (AvgIpc) is 2.66. The molecule has 5 heteroatoms. The molecule has 0 saturated heterocycles. The van der Waals surface area contributed by atoms with Crippen LogP contribution in [0.15, 0.2) is 60.8 Å². The lowest BCUT2D eigenvalue weighted by Gasteiger charge is -2.07. The summed E-state index contributed by atoms with van der Waals surface area (Å²) in [6.45, 7) is 2.17. The molecule has 0 unspecified atom stereocenters. The van der Waals surface area contributed by atoms with E-state index in [4.69, 9.17) is 27.9 Å². The third kappa shape index (κ3) is 4.43. The lowest BCUT2D eigenvalue weighted by atomic mass is 10.0. The van der Waals surface area contributed by atoms with Crippen molar-refractivity contribution in [3.63, 3.8) is 0 Å². The van der Waals surface area contributed by atoms with Gasteiger partial charge in [-0.25, -0.2) is 9.78 Å². The number of benzene rings is 2. The number of esters is 1. The van der Waals surface area contributed by atoms with Gasteiger partial charge in [-0.2, -0.15) is 0 Å². The second-order valence-corrected chi connectivity index (χ2v) is 6.62. The third-order valence-electron chi connectivity index (χ3n) is 3.93. The summed E-state index contributed by atoms with van der Waals surface area (Å²) in [6, 6.07) is 17.2. The van der Waals surface area contributed by atoms with Gasteiger partial charge in [-0.05, 0) is 35.2 Å². The van der Waals surface area contributed by atoms with E-state index in [0.29, 0.717) is 5.56 Å². The van der Waals surface area contributed by atoms with Crippen LogP contribution in [-0.4, -0.2) is 11.0 Å². The molecule has 0 amide bonds. The van der Waals surface area contributed by atoms with Crippen LogP contribution in [0, 0.1) is 0 Å². The predicted molar refractivity (Wildman–Crippen MR) is 105 cm³/mol. The molecule has 0 radical (unpaired) electrons. The van der Waals surface area contributed by atoms with Gasteiger partial charge in [0.1, 0.15) is 5.15 Å². The zero-order chi connectivity index (χ0) is 18.5. The molecule has 0 aliphatic rings. The fourth-order valence-electron chi connectivity index (χ4n) is 2.58. The molecule has 3 aromatic rings. The van der Waals surface area contributed by atoms with Gasteiger partial charge in [0.15, 0.2) is 5.75 Å². The number of aryl methyl sites for hydroxylation is 1. The fraction of sp³-hybridized carbons (Fsp3) is 0.143. The Morgan fingerprint density at radius 1 is 1.00 bits per heavy atom. The van der Waals surface area contributed by atoms with E-state index in [1.54, 1.807) is 12.1 Å². The van der Waals surface area contributed by atoms with Gasteiger partial charge in [0.2, 0.25) is 0 Å². The summed E-state index contributed by atoms with van der Waals surface area (Å²) >= 11 is 11.6. The Morgan fingerprint density at radius 2 is 1.62 bits per heavy atom. The number of aromatic nitrogens is 1. The van der Waals surface area contributed by atoms with Crippen LogP contribution in [0.4, 0.5) is 0 Å². The maximum Gasteiger partial charge on any atom is 0.343 e. The van der Waals surface area contributed by atoms with Crippen molar-refractivity contribution in [3.05, 3.63) is 82.1 Å². The highest BCUT2D eigenvalue weighted by Gasteiger charge is 2.11. The van der Waals surface area contributed by atoms with Crippen molar-refractivity contribution in [3.8, 4) is 16.9 Å². The zero-order valence-corrected chi connectivity index (χ0v) is 15.7. The van der Waals surface area contributed by atoms with Crippen LogP contribution in [0.2, 0.25) is 10.2 Å². The second-order valence-electron chi connectivity index (χ2n) is 5.86. The first kappa shape index (κ1) is 18.4. The summed E-state index contributed by atoms with van der Waals surface area (Å²) in [5.74, 6) is -0.227. The summed E-state index contributed by atoms with van der Waals surface area (Å²) in [5, 5.41) is 0.402. The van der Waals surface area contributed by atoms with Gasteiger partial charge in [0, 0.05) is 6.07 Å². The minimum atomic E-state index is -0.477. The molecule has 26 heavy (non-hydrogen) atoms. The van der Waals surface area contributed by atoms with Crippen molar-refractivity contribution in [2.24, 2.45) is 0 Å². The first-order valence-electron chi connectivity index (χ1n) is 8.29. The smallest absolute Gasteiger partial charge is 0.343 e. The molecule has 0 bridgehead atoms. The topological polar surface area (TPSA) is 39.2 Å². The summed E-state index contributed by atoms with van der Waals surface area (Å²) in [5.41, 5.74) is 3.92. The van der Waals surface area contributed by atoms with Gasteiger partial charge in [-0.15, -0.1) is 0 Å². The molecule has 132 valence electrons. The van der Waals surface area contributed by atoms with Gasteiger partial charge in [0.05, 0.1) is 16.8 Å². The Morgan fingerprint density at radius 3 is 2.19 bits per heavy atom. The summed E-state index contributed by atoms with van der Waals surface area (Å²) in [7, 11) is 0. The minimum absolute atomic E-state index is 0.167. The highest BCUT2D eigenvalue weighted by molar-refractivity contribution is 6.41. The van der Waals surface area contributed by atoms with Gasteiger partial charge in [-0.3, -0.25) is 0 Å². The SMILES string of the molecule is CCCc1ccc(-c2ccc(C(=O)Oc3cnc(Cl)c(Cl)c3)cc2)cc1. The van der Waals surface area contributed by atoms with E-state index in [0.717, 1.165) is 24.0 Å². The van der Waals surface area contributed by atoms with Crippen LogP contribution in [0.1, 0.15) is 29.3 Å². The van der Waals surface area contributed by atoms with E-state index in [-0.39, 0.29) is 15.9 Å². The maximum atomic E-state index is 12.2. The molecular weight excluding hydrogens is 369 g/mol. The first-order chi connectivity index (χ1) is 12.6. The van der Waals surface area contributed by atoms with Crippen LogP contribution in [0.5, 0.6) is 5.75 Å². The van der Waals surface area contributed by atoms with Gasteiger partial charge < -0.3 is 4.74 Å². The molecule has 0 aliphatic carbocycles. The molecule has 0 atom stereocenters. The van der Waals surface area contributed by atoms with E-state index in [1.807, 2.05) is 12.1 Å². The Labute approximate surface area is 162 Å². The quantitative estimate of drug-likeness (QED) is 0.386. The molecule has 1 aromatic heterocycles. The van der Waals surface area contributed by atoms with Crippen molar-refractivity contribution < 1.29 is 9.53 Å². The molecule has 0 aliphatic heterocycles. The third-order valence-corrected chi connectivity index (χ3v) is 4.61. The van der Waals surface area contributed by atoms with Crippen LogP contribution in [-0.2, 0) is 6.42 Å². The van der Waals surface area contributed by atoms with Gasteiger partial charge in [0.25, 0.3) is 0 Å². The summed E-state index contributed by atoms with van der Waals surface area (Å²) in [6.07, 6.45) is 3.57. The van der Waals surface area contributed by atoms with E-state index in [9.17, 15) is 4.79 Å². The zero-order valence-electron chi connectivity index (χ0n) is 14.2. The molecular formula is C21H17Cl2NO2. The molecule has 0 N–H and O–H groups in total. The molecule has 3 nitrogen and oxygen atoms in total. The normalized spacial score (nSPS) is 10.6. The van der Waals surface area contributed by atoms with Crippen LogP contribution >= 0.6 is 23.2 Å². The van der Waals surface area contributed by atoms with Gasteiger partial charge in [-0.1, -0.05) is 72.9 Å². The van der Waals surface area contributed by atoms with E-state index >= 15 is 0 Å². The standard InChI is InChI=1S/C21H17Cl2NO2/c1-2-3-14-4-6-15(7-5-14)16-8-10-17(11-9-16)21(25)26-18-12-19(22)20(23)24-13-18/h4-13H,2-3H2,1H3. The number of ether oxygens (including phenoxy) is 1.